The lowest BCUT2D eigenvalue weighted by Crippen LogP contribution is -2.43. The molecule has 4 rings (SSSR count). The zero-order valence-corrected chi connectivity index (χ0v) is 16.8. The molecule has 3 aliphatic rings. The molecule has 3 atom stereocenters. The van der Waals surface area contributed by atoms with Crippen LogP contribution in [0.1, 0.15) is 32.6 Å². The number of nitrogens with one attached hydrogen (secondary N) is 1. The van der Waals surface area contributed by atoms with Crippen LogP contribution in [0.3, 0.4) is 0 Å². The maximum atomic E-state index is 14.9. The average molecular weight is 408 g/mol. The fourth-order valence-electron chi connectivity index (χ4n) is 4.28. The molecule has 2 amide bonds. The van der Waals surface area contributed by atoms with Gasteiger partial charge in [-0.05, 0) is 37.5 Å². The van der Waals surface area contributed by atoms with Crippen molar-refractivity contribution in [2.75, 3.05) is 34.4 Å². The molecule has 3 heterocycles. The van der Waals surface area contributed by atoms with Gasteiger partial charge in [-0.25, -0.2) is 9.18 Å². The molecule has 3 saturated heterocycles. The molecule has 152 valence electrons. The van der Waals surface area contributed by atoms with Crippen molar-refractivity contribution in [3.8, 4) is 0 Å². The first kappa shape index (κ1) is 19.4. The third-order valence-corrected chi connectivity index (χ3v) is 6.88. The molecule has 1 N–H and O–H groups in total. The summed E-state index contributed by atoms with van der Waals surface area (Å²) in [4.78, 5) is 27.5. The van der Waals surface area contributed by atoms with E-state index < -0.39 is 12.2 Å². The Kier molecular flexibility index (Phi) is 5.66. The maximum absolute atomic E-state index is 14.9. The lowest BCUT2D eigenvalue weighted by molar-refractivity contribution is -0.121. The molecular weight excluding hydrogens is 381 g/mol. The van der Waals surface area contributed by atoms with Crippen LogP contribution in [0, 0.1) is 5.82 Å². The van der Waals surface area contributed by atoms with Crippen molar-refractivity contribution in [3.63, 3.8) is 0 Å². The summed E-state index contributed by atoms with van der Waals surface area (Å²) in [6.07, 6.45) is 2.52. The van der Waals surface area contributed by atoms with Crippen LogP contribution in [0.5, 0.6) is 0 Å². The lowest BCUT2D eigenvalue weighted by atomic mass is 10.2. The first-order valence-electron chi connectivity index (χ1n) is 9.97. The highest BCUT2D eigenvalue weighted by Crippen LogP contribution is 2.40. The van der Waals surface area contributed by atoms with Gasteiger partial charge < -0.3 is 15.0 Å². The molecule has 0 spiro atoms. The molecule has 0 aliphatic carbocycles. The van der Waals surface area contributed by atoms with E-state index in [1.165, 1.54) is 11.0 Å². The van der Waals surface area contributed by atoms with Crippen molar-refractivity contribution in [2.24, 2.45) is 0 Å². The van der Waals surface area contributed by atoms with Crippen LogP contribution in [0.25, 0.3) is 0 Å². The number of ether oxygens (including phenoxy) is 1. The Bertz CT molecular complexity index is 746. The quantitative estimate of drug-likeness (QED) is 0.785. The summed E-state index contributed by atoms with van der Waals surface area (Å²) in [6.45, 7) is 2.51. The van der Waals surface area contributed by atoms with E-state index in [0.717, 1.165) is 30.8 Å². The normalized spacial score (nSPS) is 26.5. The molecule has 3 fully saturated rings. The van der Waals surface area contributed by atoms with Crippen LogP contribution in [0.2, 0.25) is 0 Å². The number of anilines is 2. The van der Waals surface area contributed by atoms with Gasteiger partial charge in [0, 0.05) is 30.0 Å². The Labute approximate surface area is 168 Å². The standard InChI is InChI=1S/C20H26FN3O3S/c1-2-3-19(25)22-9-16-10-23(20(26)27-16)13-6-7-18(17(21)8-13)24-14-4-5-15(24)12-28-11-14/h6-8,14-16H,2-5,9-12H2,1H3,(H,22,25)/t14-,15?,16?/m0/s1. The summed E-state index contributed by atoms with van der Waals surface area (Å²) < 4.78 is 20.3. The number of cyclic esters (lactones) is 1. The Morgan fingerprint density at radius 3 is 2.75 bits per heavy atom. The zero-order valence-electron chi connectivity index (χ0n) is 16.0. The zero-order chi connectivity index (χ0) is 19.7. The molecule has 0 aromatic heterocycles. The van der Waals surface area contributed by atoms with E-state index in [9.17, 15) is 14.0 Å². The van der Waals surface area contributed by atoms with E-state index in [-0.39, 0.29) is 18.3 Å². The molecule has 1 aromatic carbocycles. The number of hydrogen-bond donors (Lipinski definition) is 1. The number of fused-ring (bicyclic) bond motifs is 2. The highest BCUT2D eigenvalue weighted by Gasteiger charge is 2.39. The fraction of sp³-hybridized carbons (Fsp3) is 0.600. The number of carbonyl (C=O) groups excluding carboxylic acids is 2. The molecule has 28 heavy (non-hydrogen) atoms. The monoisotopic (exact) mass is 407 g/mol. The van der Waals surface area contributed by atoms with Gasteiger partial charge in [0.1, 0.15) is 11.9 Å². The summed E-state index contributed by atoms with van der Waals surface area (Å²) >= 11 is 1.95. The number of hydrogen-bond acceptors (Lipinski definition) is 5. The van der Waals surface area contributed by atoms with E-state index in [1.807, 2.05) is 18.7 Å². The van der Waals surface area contributed by atoms with Crippen LogP contribution < -0.4 is 15.1 Å². The van der Waals surface area contributed by atoms with E-state index in [4.69, 9.17) is 4.74 Å². The van der Waals surface area contributed by atoms with Crippen molar-refractivity contribution >= 4 is 35.1 Å². The number of benzene rings is 1. The van der Waals surface area contributed by atoms with Gasteiger partial charge in [-0.15, -0.1) is 0 Å². The molecule has 8 heteroatoms. The van der Waals surface area contributed by atoms with Crippen molar-refractivity contribution in [1.29, 1.82) is 0 Å². The third-order valence-electron chi connectivity index (χ3n) is 5.64. The average Bonchev–Trinajstić information content (AvgIpc) is 3.16. The first-order valence-corrected chi connectivity index (χ1v) is 11.1. The summed E-state index contributed by atoms with van der Waals surface area (Å²) in [7, 11) is 0. The Balaban J connectivity index is 1.43. The van der Waals surface area contributed by atoms with Crippen molar-refractivity contribution in [1.82, 2.24) is 5.32 Å². The predicted octanol–water partition coefficient (Wildman–Crippen LogP) is 3.15. The Morgan fingerprint density at radius 1 is 1.32 bits per heavy atom. The van der Waals surface area contributed by atoms with Crippen molar-refractivity contribution in [2.45, 2.75) is 50.8 Å². The molecule has 6 nitrogen and oxygen atoms in total. The summed E-state index contributed by atoms with van der Waals surface area (Å²) in [5.74, 6) is 1.74. The predicted molar refractivity (Wildman–Crippen MR) is 109 cm³/mol. The van der Waals surface area contributed by atoms with E-state index in [1.54, 1.807) is 12.1 Å². The number of thioether (sulfide) groups is 1. The van der Waals surface area contributed by atoms with Gasteiger partial charge in [0.25, 0.3) is 0 Å². The molecule has 3 aliphatic heterocycles. The van der Waals surface area contributed by atoms with Crippen LogP contribution in [0.4, 0.5) is 20.6 Å². The van der Waals surface area contributed by atoms with Crippen molar-refractivity contribution in [3.05, 3.63) is 24.0 Å². The van der Waals surface area contributed by atoms with Crippen molar-refractivity contribution < 1.29 is 18.7 Å². The second kappa shape index (κ2) is 8.19. The highest BCUT2D eigenvalue weighted by molar-refractivity contribution is 7.99. The topological polar surface area (TPSA) is 61.9 Å². The van der Waals surface area contributed by atoms with E-state index in [0.29, 0.717) is 36.4 Å². The second-order valence-electron chi connectivity index (χ2n) is 7.64. The summed E-state index contributed by atoms with van der Waals surface area (Å²) in [6, 6.07) is 5.80. The minimum Gasteiger partial charge on any atom is -0.442 e. The van der Waals surface area contributed by atoms with Gasteiger partial charge in [-0.1, -0.05) is 6.92 Å². The van der Waals surface area contributed by atoms with Gasteiger partial charge >= 0.3 is 6.09 Å². The maximum Gasteiger partial charge on any atom is 0.414 e. The number of amides is 2. The molecule has 2 bridgehead atoms. The number of carbonyl (C=O) groups is 2. The molecule has 0 saturated carbocycles. The number of nitrogens with zero attached hydrogens (tertiary/aromatic N) is 2. The van der Waals surface area contributed by atoms with Gasteiger partial charge in [0.15, 0.2) is 0 Å². The second-order valence-corrected chi connectivity index (χ2v) is 8.71. The Morgan fingerprint density at radius 2 is 2.07 bits per heavy atom. The largest absolute Gasteiger partial charge is 0.442 e. The molecule has 1 aromatic rings. The van der Waals surface area contributed by atoms with Gasteiger partial charge in [0.2, 0.25) is 5.91 Å². The molecule has 0 radical (unpaired) electrons. The Hall–Kier alpha value is -1.96. The van der Waals surface area contributed by atoms with Crippen LogP contribution >= 0.6 is 11.8 Å². The smallest absolute Gasteiger partial charge is 0.414 e. The SMILES string of the molecule is CCCC(=O)NCC1CN(c2ccc(N3C4CC[C@H]3CSC4)c(F)c2)C(=O)O1. The molecule has 2 unspecified atom stereocenters. The van der Waals surface area contributed by atoms with Gasteiger partial charge in [-0.3, -0.25) is 9.69 Å². The first-order chi connectivity index (χ1) is 13.6. The lowest BCUT2D eigenvalue weighted by Gasteiger charge is -2.36. The van der Waals surface area contributed by atoms with Crippen LogP contribution in [-0.4, -0.2) is 54.8 Å². The van der Waals surface area contributed by atoms with Gasteiger partial charge in [0.05, 0.1) is 24.5 Å². The number of rotatable bonds is 6. The van der Waals surface area contributed by atoms with Crippen LogP contribution in [-0.2, 0) is 9.53 Å². The summed E-state index contributed by atoms with van der Waals surface area (Å²) in [5.41, 5.74) is 1.12. The minimum absolute atomic E-state index is 0.0540. The van der Waals surface area contributed by atoms with E-state index in [2.05, 4.69) is 10.2 Å². The van der Waals surface area contributed by atoms with Gasteiger partial charge in [-0.2, -0.15) is 11.8 Å². The number of halogens is 1. The van der Waals surface area contributed by atoms with E-state index >= 15 is 0 Å². The highest BCUT2D eigenvalue weighted by atomic mass is 32.2. The fourth-order valence-corrected chi connectivity index (χ4v) is 5.61. The molecular formula is C20H26FN3O3S. The minimum atomic E-state index is -0.503. The third kappa shape index (κ3) is 3.79. The van der Waals surface area contributed by atoms with Crippen LogP contribution in [0.15, 0.2) is 18.2 Å². The summed E-state index contributed by atoms with van der Waals surface area (Å²) in [5, 5.41) is 2.77.